The molecule has 142 valence electrons. The van der Waals surface area contributed by atoms with Gasteiger partial charge in [0.1, 0.15) is 5.75 Å². The maximum absolute atomic E-state index is 12.5. The average Bonchev–Trinajstić information content (AvgIpc) is 3.21. The molecule has 0 aromatic heterocycles. The van der Waals surface area contributed by atoms with Crippen molar-refractivity contribution >= 4 is 23.6 Å². The molecule has 0 bridgehead atoms. The number of hydrogen-bond acceptors (Lipinski definition) is 6. The molecule has 1 aromatic carbocycles. The summed E-state index contributed by atoms with van der Waals surface area (Å²) in [5, 5.41) is 2.41. The first kappa shape index (κ1) is 17.4. The summed E-state index contributed by atoms with van der Waals surface area (Å²) in [5.41, 5.74) is 2.02. The number of likely N-dealkylation sites (N-methyl/N-ethyl adjacent to an activating group) is 1. The van der Waals surface area contributed by atoms with Crippen LogP contribution in [0.25, 0.3) is 5.70 Å². The molecule has 2 unspecified atom stereocenters. The number of hydrogen-bond donors (Lipinski definition) is 1. The van der Waals surface area contributed by atoms with Crippen LogP contribution in [-0.4, -0.2) is 65.5 Å². The molecule has 1 fully saturated rings. The van der Waals surface area contributed by atoms with Gasteiger partial charge in [-0.3, -0.25) is 10.1 Å². The van der Waals surface area contributed by atoms with Gasteiger partial charge in [0.25, 0.3) is 5.91 Å². The highest BCUT2D eigenvalue weighted by Gasteiger charge is 2.51. The van der Waals surface area contributed by atoms with Gasteiger partial charge in [-0.25, -0.2) is 9.79 Å². The van der Waals surface area contributed by atoms with Crippen LogP contribution in [0.1, 0.15) is 25.3 Å². The standard InChI is InChI=1S/C19H23N5O3/c1-4-5-10-23-14(12-6-8-13(27-3)9-7-12)11-24-15-16(20-18(23)24)22(2)19(26)21-17(15)25/h6-9,11,15-16H,4-5,10H2,1-3H3,(H,21,25,26). The van der Waals surface area contributed by atoms with Gasteiger partial charge in [0.2, 0.25) is 5.96 Å². The molecule has 1 saturated heterocycles. The van der Waals surface area contributed by atoms with E-state index in [1.165, 1.54) is 4.90 Å². The fourth-order valence-corrected chi connectivity index (χ4v) is 3.66. The number of amides is 3. The number of fused-ring (bicyclic) bond motifs is 3. The lowest BCUT2D eigenvalue weighted by Crippen LogP contribution is -2.62. The lowest BCUT2D eigenvalue weighted by Gasteiger charge is -2.34. The number of ether oxygens (including phenoxy) is 1. The number of nitrogens with zero attached hydrogens (tertiary/aromatic N) is 4. The number of methoxy groups -OCH3 is 1. The first-order valence-electron chi connectivity index (χ1n) is 9.12. The number of unbranched alkanes of at least 4 members (excludes halogenated alkanes) is 1. The predicted octanol–water partition coefficient (Wildman–Crippen LogP) is 1.66. The van der Waals surface area contributed by atoms with Crippen molar-refractivity contribution in [1.82, 2.24) is 20.0 Å². The van der Waals surface area contributed by atoms with E-state index in [0.717, 1.165) is 42.4 Å². The maximum Gasteiger partial charge on any atom is 0.325 e. The Balaban J connectivity index is 1.71. The van der Waals surface area contributed by atoms with Crippen molar-refractivity contribution in [2.45, 2.75) is 32.0 Å². The molecule has 8 heteroatoms. The Hall–Kier alpha value is -3.03. The molecule has 3 aliphatic heterocycles. The Labute approximate surface area is 158 Å². The molecular formula is C19H23N5O3. The zero-order valence-electron chi connectivity index (χ0n) is 15.7. The smallest absolute Gasteiger partial charge is 0.325 e. The van der Waals surface area contributed by atoms with Gasteiger partial charge in [0, 0.05) is 19.8 Å². The number of nitrogens with one attached hydrogen (secondary N) is 1. The van der Waals surface area contributed by atoms with Crippen molar-refractivity contribution in [2.24, 2.45) is 4.99 Å². The first-order chi connectivity index (χ1) is 13.0. The number of guanidine groups is 1. The largest absolute Gasteiger partial charge is 0.497 e. The van der Waals surface area contributed by atoms with Gasteiger partial charge in [0.05, 0.1) is 12.8 Å². The minimum atomic E-state index is -0.539. The molecule has 1 N–H and O–H groups in total. The van der Waals surface area contributed by atoms with Crippen LogP contribution in [0.15, 0.2) is 35.5 Å². The third-order valence-electron chi connectivity index (χ3n) is 5.19. The van der Waals surface area contributed by atoms with E-state index in [2.05, 4.69) is 17.1 Å². The zero-order valence-corrected chi connectivity index (χ0v) is 15.7. The van der Waals surface area contributed by atoms with Crippen LogP contribution in [0.2, 0.25) is 0 Å². The normalized spacial score (nSPS) is 23.7. The van der Waals surface area contributed by atoms with Gasteiger partial charge in [0.15, 0.2) is 12.2 Å². The van der Waals surface area contributed by atoms with Crippen molar-refractivity contribution in [2.75, 3.05) is 20.7 Å². The highest BCUT2D eigenvalue weighted by atomic mass is 16.5. The quantitative estimate of drug-likeness (QED) is 0.854. The first-order valence-corrected chi connectivity index (χ1v) is 9.12. The molecule has 2 atom stereocenters. The molecule has 1 aromatic rings. The van der Waals surface area contributed by atoms with Crippen LogP contribution in [0, 0.1) is 0 Å². The Morgan fingerprint density at radius 2 is 1.96 bits per heavy atom. The Morgan fingerprint density at radius 1 is 1.22 bits per heavy atom. The minimum absolute atomic E-state index is 0.315. The minimum Gasteiger partial charge on any atom is -0.497 e. The fourth-order valence-electron chi connectivity index (χ4n) is 3.66. The lowest BCUT2D eigenvalue weighted by molar-refractivity contribution is -0.126. The highest BCUT2D eigenvalue weighted by Crippen LogP contribution is 2.36. The van der Waals surface area contributed by atoms with Crippen LogP contribution in [0.5, 0.6) is 5.75 Å². The van der Waals surface area contributed by atoms with E-state index in [-0.39, 0.29) is 5.91 Å². The maximum atomic E-state index is 12.5. The van der Waals surface area contributed by atoms with E-state index in [9.17, 15) is 9.59 Å². The summed E-state index contributed by atoms with van der Waals surface area (Å²) in [7, 11) is 3.30. The van der Waals surface area contributed by atoms with Gasteiger partial charge in [-0.05, 0) is 36.2 Å². The molecular weight excluding hydrogens is 346 g/mol. The predicted molar refractivity (Wildman–Crippen MR) is 101 cm³/mol. The summed E-state index contributed by atoms with van der Waals surface area (Å²) >= 11 is 0. The Bertz CT molecular complexity index is 832. The molecule has 8 nitrogen and oxygen atoms in total. The van der Waals surface area contributed by atoms with Gasteiger partial charge in [-0.1, -0.05) is 13.3 Å². The Morgan fingerprint density at radius 3 is 2.63 bits per heavy atom. The second kappa shape index (κ2) is 6.61. The second-order valence-corrected chi connectivity index (χ2v) is 6.85. The molecule has 0 spiro atoms. The SMILES string of the molecule is CCCCN1C(c2ccc(OC)cc2)=CN2C1=NC1C2C(=O)NC(=O)N1C. The number of benzene rings is 1. The van der Waals surface area contributed by atoms with Crippen molar-refractivity contribution in [3.8, 4) is 5.75 Å². The monoisotopic (exact) mass is 369 g/mol. The number of imide groups is 1. The van der Waals surface area contributed by atoms with E-state index in [1.807, 2.05) is 35.4 Å². The van der Waals surface area contributed by atoms with Gasteiger partial charge < -0.3 is 19.4 Å². The second-order valence-electron chi connectivity index (χ2n) is 6.85. The number of rotatable bonds is 5. The Kier molecular flexibility index (Phi) is 4.25. The van der Waals surface area contributed by atoms with Crippen molar-refractivity contribution in [3.63, 3.8) is 0 Å². The third kappa shape index (κ3) is 2.72. The molecule has 4 rings (SSSR count). The van der Waals surface area contributed by atoms with Crippen LogP contribution in [0.4, 0.5) is 4.79 Å². The summed E-state index contributed by atoms with van der Waals surface area (Å²) < 4.78 is 5.25. The summed E-state index contributed by atoms with van der Waals surface area (Å²) in [4.78, 5) is 34.7. The molecule has 3 heterocycles. The summed E-state index contributed by atoms with van der Waals surface area (Å²) in [6, 6.07) is 6.89. The molecule has 3 aliphatic rings. The lowest BCUT2D eigenvalue weighted by atomic mass is 10.1. The van der Waals surface area contributed by atoms with Gasteiger partial charge in [-0.15, -0.1) is 0 Å². The molecule has 3 amide bonds. The summed E-state index contributed by atoms with van der Waals surface area (Å²) in [5.74, 6) is 1.20. The number of carbonyl (C=O) groups is 2. The van der Waals surface area contributed by atoms with Crippen LogP contribution in [-0.2, 0) is 4.79 Å². The van der Waals surface area contributed by atoms with Crippen LogP contribution in [0.3, 0.4) is 0 Å². The third-order valence-corrected chi connectivity index (χ3v) is 5.19. The number of aliphatic imine (C=N–C) groups is 1. The summed E-state index contributed by atoms with van der Waals surface area (Å²) in [6.45, 7) is 2.93. The van der Waals surface area contributed by atoms with E-state index < -0.39 is 18.2 Å². The van der Waals surface area contributed by atoms with E-state index in [1.54, 1.807) is 14.2 Å². The van der Waals surface area contributed by atoms with E-state index in [0.29, 0.717) is 0 Å². The van der Waals surface area contributed by atoms with Gasteiger partial charge in [-0.2, -0.15) is 0 Å². The summed E-state index contributed by atoms with van der Waals surface area (Å²) in [6.07, 6.45) is 3.51. The van der Waals surface area contributed by atoms with Crippen LogP contribution < -0.4 is 10.1 Å². The van der Waals surface area contributed by atoms with E-state index >= 15 is 0 Å². The molecule has 27 heavy (non-hydrogen) atoms. The van der Waals surface area contributed by atoms with Crippen molar-refractivity contribution in [3.05, 3.63) is 36.0 Å². The molecule has 0 saturated carbocycles. The van der Waals surface area contributed by atoms with Crippen molar-refractivity contribution in [1.29, 1.82) is 0 Å². The average molecular weight is 369 g/mol. The van der Waals surface area contributed by atoms with E-state index in [4.69, 9.17) is 9.73 Å². The zero-order chi connectivity index (χ0) is 19.1. The fraction of sp³-hybridized carbons (Fsp3) is 0.421. The van der Waals surface area contributed by atoms with Crippen molar-refractivity contribution < 1.29 is 14.3 Å². The van der Waals surface area contributed by atoms with Gasteiger partial charge >= 0.3 is 6.03 Å². The highest BCUT2D eigenvalue weighted by molar-refractivity contribution is 6.06. The molecule has 0 radical (unpaired) electrons. The number of carbonyl (C=O) groups excluding carboxylic acids is 2. The number of urea groups is 1. The topological polar surface area (TPSA) is 77.5 Å². The molecule has 0 aliphatic carbocycles. The van der Waals surface area contributed by atoms with Crippen LogP contribution >= 0.6 is 0 Å².